The minimum absolute atomic E-state index is 0.479. The van der Waals surface area contributed by atoms with Gasteiger partial charge in [-0.1, -0.05) is 12.1 Å². The van der Waals surface area contributed by atoms with Gasteiger partial charge >= 0.3 is 0 Å². The quantitative estimate of drug-likeness (QED) is 0.633. The topological polar surface area (TPSA) is 34.1 Å². The van der Waals surface area contributed by atoms with Crippen molar-refractivity contribution in [3.8, 4) is 0 Å². The molecule has 0 bridgehead atoms. The zero-order valence-corrected chi connectivity index (χ0v) is 8.35. The van der Waals surface area contributed by atoms with E-state index >= 15 is 0 Å². The van der Waals surface area contributed by atoms with Crippen molar-refractivity contribution in [3.63, 3.8) is 0 Å². The first kappa shape index (κ1) is 8.51. The Morgan fingerprint density at radius 3 is 2.31 bits per heavy atom. The minimum atomic E-state index is -3.14. The van der Waals surface area contributed by atoms with E-state index in [0.29, 0.717) is 4.90 Å². The van der Waals surface area contributed by atoms with E-state index in [-0.39, 0.29) is 0 Å². The molecular formula is C10H10O2S. The SMILES string of the molecule is Cc1ccc(C)c2c1C=CS2(=O)=O. The van der Waals surface area contributed by atoms with Crippen LogP contribution < -0.4 is 0 Å². The Balaban J connectivity index is 2.91. The van der Waals surface area contributed by atoms with Gasteiger partial charge in [0.05, 0.1) is 4.90 Å². The lowest BCUT2D eigenvalue weighted by molar-refractivity contribution is 0.605. The van der Waals surface area contributed by atoms with Crippen LogP contribution in [-0.2, 0) is 9.84 Å². The molecule has 3 heteroatoms. The van der Waals surface area contributed by atoms with Gasteiger partial charge in [0, 0.05) is 5.41 Å². The van der Waals surface area contributed by atoms with Gasteiger partial charge < -0.3 is 0 Å². The highest BCUT2D eigenvalue weighted by Crippen LogP contribution is 2.31. The smallest absolute Gasteiger partial charge is 0.200 e. The van der Waals surface area contributed by atoms with Crippen LogP contribution in [0.4, 0.5) is 0 Å². The van der Waals surface area contributed by atoms with E-state index in [1.54, 1.807) is 6.08 Å². The third-order valence-electron chi connectivity index (χ3n) is 2.31. The average Bonchev–Trinajstić information content (AvgIpc) is 2.36. The summed E-state index contributed by atoms with van der Waals surface area (Å²) in [4.78, 5) is 0.479. The van der Waals surface area contributed by atoms with E-state index in [0.717, 1.165) is 16.7 Å². The summed E-state index contributed by atoms with van der Waals surface area (Å²) in [6.07, 6.45) is 1.67. The van der Waals surface area contributed by atoms with E-state index in [1.165, 1.54) is 5.41 Å². The lowest BCUT2D eigenvalue weighted by atomic mass is 10.1. The van der Waals surface area contributed by atoms with Crippen LogP contribution in [0.25, 0.3) is 6.08 Å². The molecule has 0 spiro atoms. The van der Waals surface area contributed by atoms with E-state index in [9.17, 15) is 8.42 Å². The number of hydrogen-bond acceptors (Lipinski definition) is 2. The summed E-state index contributed by atoms with van der Waals surface area (Å²) in [7, 11) is -3.14. The molecule has 0 N–H and O–H groups in total. The van der Waals surface area contributed by atoms with Gasteiger partial charge in [0.15, 0.2) is 0 Å². The van der Waals surface area contributed by atoms with Crippen molar-refractivity contribution in [1.82, 2.24) is 0 Å². The fraction of sp³-hybridized carbons (Fsp3) is 0.200. The third-order valence-corrected chi connectivity index (χ3v) is 3.91. The van der Waals surface area contributed by atoms with E-state index in [2.05, 4.69) is 0 Å². The van der Waals surface area contributed by atoms with Crippen LogP contribution >= 0.6 is 0 Å². The Hall–Kier alpha value is -1.09. The van der Waals surface area contributed by atoms with Gasteiger partial charge in [-0.2, -0.15) is 0 Å². The molecule has 0 atom stereocenters. The standard InChI is InChI=1S/C10H10O2S/c1-7-3-4-8(2)10-9(7)5-6-13(10,11)12/h3-6H,1-2H3. The maximum atomic E-state index is 11.5. The van der Waals surface area contributed by atoms with Gasteiger partial charge in [-0.3, -0.25) is 0 Å². The van der Waals surface area contributed by atoms with Crippen LogP contribution in [0.5, 0.6) is 0 Å². The van der Waals surface area contributed by atoms with Crippen molar-refractivity contribution in [1.29, 1.82) is 0 Å². The number of fused-ring (bicyclic) bond motifs is 1. The molecule has 1 aromatic rings. The molecule has 0 unspecified atom stereocenters. The molecule has 1 aliphatic rings. The molecule has 2 nitrogen and oxygen atoms in total. The summed E-state index contributed by atoms with van der Waals surface area (Å²) >= 11 is 0. The summed E-state index contributed by atoms with van der Waals surface area (Å²) in [6.45, 7) is 3.74. The van der Waals surface area contributed by atoms with Gasteiger partial charge in [-0.05, 0) is 36.6 Å². The summed E-state index contributed by atoms with van der Waals surface area (Å²) < 4.78 is 23.1. The van der Waals surface area contributed by atoms with Crippen LogP contribution in [0.1, 0.15) is 16.7 Å². The van der Waals surface area contributed by atoms with Gasteiger partial charge in [-0.25, -0.2) is 8.42 Å². The second-order valence-corrected chi connectivity index (χ2v) is 5.06. The maximum absolute atomic E-state index is 11.5. The first-order chi connectivity index (χ1) is 6.02. The van der Waals surface area contributed by atoms with E-state index < -0.39 is 9.84 Å². The van der Waals surface area contributed by atoms with Crippen LogP contribution in [0.15, 0.2) is 22.4 Å². The van der Waals surface area contributed by atoms with Crippen molar-refractivity contribution in [2.24, 2.45) is 0 Å². The van der Waals surface area contributed by atoms with Crippen molar-refractivity contribution < 1.29 is 8.42 Å². The number of sulfone groups is 1. The molecule has 0 radical (unpaired) electrons. The Morgan fingerprint density at radius 1 is 1.08 bits per heavy atom. The molecule has 13 heavy (non-hydrogen) atoms. The molecule has 0 amide bonds. The molecule has 0 fully saturated rings. The molecule has 1 aromatic carbocycles. The Morgan fingerprint density at radius 2 is 1.69 bits per heavy atom. The first-order valence-electron chi connectivity index (χ1n) is 4.06. The van der Waals surface area contributed by atoms with Crippen LogP contribution in [-0.4, -0.2) is 8.42 Å². The highest BCUT2D eigenvalue weighted by atomic mass is 32.2. The Labute approximate surface area is 77.8 Å². The first-order valence-corrected chi connectivity index (χ1v) is 5.60. The molecule has 0 aromatic heterocycles. The van der Waals surface area contributed by atoms with E-state index in [4.69, 9.17) is 0 Å². The molecular weight excluding hydrogens is 184 g/mol. The predicted octanol–water partition coefficient (Wildman–Crippen LogP) is 2.06. The molecule has 0 aliphatic carbocycles. The van der Waals surface area contributed by atoms with Gasteiger partial charge in [0.1, 0.15) is 0 Å². The molecule has 0 saturated heterocycles. The fourth-order valence-electron chi connectivity index (χ4n) is 1.62. The van der Waals surface area contributed by atoms with Crippen molar-refractivity contribution >= 4 is 15.9 Å². The van der Waals surface area contributed by atoms with Crippen LogP contribution in [0, 0.1) is 13.8 Å². The van der Waals surface area contributed by atoms with E-state index in [1.807, 2.05) is 26.0 Å². The monoisotopic (exact) mass is 194 g/mol. The molecule has 1 heterocycles. The third kappa shape index (κ3) is 1.11. The number of hydrogen-bond donors (Lipinski definition) is 0. The summed E-state index contributed by atoms with van der Waals surface area (Å²) in [5.41, 5.74) is 2.68. The van der Waals surface area contributed by atoms with Gasteiger partial charge in [0.2, 0.25) is 9.84 Å². The van der Waals surface area contributed by atoms with Crippen molar-refractivity contribution in [2.45, 2.75) is 18.7 Å². The molecule has 68 valence electrons. The summed E-state index contributed by atoms with van der Waals surface area (Å²) in [5, 5.41) is 1.28. The number of benzene rings is 1. The fourth-order valence-corrected chi connectivity index (χ4v) is 3.12. The summed E-state index contributed by atoms with van der Waals surface area (Å²) in [5.74, 6) is 0. The lowest BCUT2D eigenvalue weighted by Crippen LogP contribution is -1.97. The summed E-state index contributed by atoms with van der Waals surface area (Å²) in [6, 6.07) is 3.79. The number of rotatable bonds is 0. The second kappa shape index (κ2) is 2.45. The van der Waals surface area contributed by atoms with Crippen molar-refractivity contribution in [2.75, 3.05) is 0 Å². The Bertz CT molecular complexity index is 496. The van der Waals surface area contributed by atoms with Gasteiger partial charge in [0.25, 0.3) is 0 Å². The van der Waals surface area contributed by atoms with Crippen molar-refractivity contribution in [3.05, 3.63) is 34.2 Å². The maximum Gasteiger partial charge on any atom is 0.200 e. The lowest BCUT2D eigenvalue weighted by Gasteiger charge is -2.05. The van der Waals surface area contributed by atoms with Crippen LogP contribution in [0.3, 0.4) is 0 Å². The number of aryl methyl sites for hydroxylation is 2. The zero-order valence-electron chi connectivity index (χ0n) is 7.53. The highest BCUT2D eigenvalue weighted by Gasteiger charge is 2.23. The molecule has 2 rings (SSSR count). The predicted molar refractivity (Wildman–Crippen MR) is 52.1 cm³/mol. The van der Waals surface area contributed by atoms with Crippen LogP contribution in [0.2, 0.25) is 0 Å². The average molecular weight is 194 g/mol. The molecule has 1 aliphatic heterocycles. The normalized spacial score (nSPS) is 17.4. The Kier molecular flexibility index (Phi) is 1.60. The minimum Gasteiger partial charge on any atom is -0.219 e. The molecule has 0 saturated carbocycles. The zero-order chi connectivity index (χ0) is 9.64. The highest BCUT2D eigenvalue weighted by molar-refractivity contribution is 7.94. The largest absolute Gasteiger partial charge is 0.219 e. The van der Waals surface area contributed by atoms with Gasteiger partial charge in [-0.15, -0.1) is 0 Å². The second-order valence-electron chi connectivity index (χ2n) is 3.29.